The van der Waals surface area contributed by atoms with Crippen molar-refractivity contribution in [3.05, 3.63) is 34.9 Å². The average Bonchev–Trinajstić information content (AvgIpc) is 2.48. The third-order valence-electron chi connectivity index (χ3n) is 3.89. The number of aryl methyl sites for hydroxylation is 2. The smallest absolute Gasteiger partial charge is 0.317 e. The van der Waals surface area contributed by atoms with Crippen LogP contribution in [0.4, 0.5) is 4.79 Å². The van der Waals surface area contributed by atoms with E-state index in [0.29, 0.717) is 26.2 Å². The molecule has 1 saturated heterocycles. The van der Waals surface area contributed by atoms with Gasteiger partial charge in [-0.15, -0.1) is 0 Å². The van der Waals surface area contributed by atoms with Gasteiger partial charge in [0.1, 0.15) is 0 Å². The van der Waals surface area contributed by atoms with Gasteiger partial charge in [0.2, 0.25) is 0 Å². The molecule has 1 fully saturated rings. The molecule has 0 atom stereocenters. The molecule has 0 bridgehead atoms. The molecule has 120 valence electrons. The fourth-order valence-electron chi connectivity index (χ4n) is 2.59. The molecule has 0 saturated carbocycles. The van der Waals surface area contributed by atoms with Gasteiger partial charge >= 0.3 is 6.03 Å². The van der Waals surface area contributed by atoms with Crippen LogP contribution >= 0.6 is 0 Å². The average molecular weight is 303 g/mol. The summed E-state index contributed by atoms with van der Waals surface area (Å²) in [6.45, 7) is 10.2. The zero-order valence-corrected chi connectivity index (χ0v) is 13.8. The second-order valence-electron chi connectivity index (χ2n) is 6.20. The summed E-state index contributed by atoms with van der Waals surface area (Å²) in [6, 6.07) is 6.01. The molecular weight excluding hydrogens is 278 g/mol. The van der Waals surface area contributed by atoms with Crippen LogP contribution in [-0.4, -0.2) is 54.0 Å². The summed E-state index contributed by atoms with van der Waals surface area (Å²) in [7, 11) is 0. The molecule has 3 amide bonds. The maximum Gasteiger partial charge on any atom is 0.317 e. The number of amides is 3. The normalized spacial score (nSPS) is 15.1. The first-order valence-electron chi connectivity index (χ1n) is 7.80. The fourth-order valence-corrected chi connectivity index (χ4v) is 2.59. The highest BCUT2D eigenvalue weighted by atomic mass is 16.2. The van der Waals surface area contributed by atoms with Crippen LogP contribution in [0.3, 0.4) is 0 Å². The molecule has 0 aromatic heterocycles. The van der Waals surface area contributed by atoms with E-state index in [1.54, 1.807) is 4.90 Å². The Hall–Kier alpha value is -2.04. The number of urea groups is 1. The zero-order valence-electron chi connectivity index (χ0n) is 13.8. The van der Waals surface area contributed by atoms with Gasteiger partial charge in [0.15, 0.2) is 0 Å². The Balaban J connectivity index is 1.98. The topological polar surface area (TPSA) is 52.7 Å². The van der Waals surface area contributed by atoms with Crippen LogP contribution in [0, 0.1) is 13.8 Å². The molecule has 1 heterocycles. The monoisotopic (exact) mass is 303 g/mol. The first-order chi connectivity index (χ1) is 10.4. The predicted octanol–water partition coefficient (Wildman–Crippen LogP) is 2.18. The Kier molecular flexibility index (Phi) is 5.06. The Morgan fingerprint density at radius 3 is 2.23 bits per heavy atom. The van der Waals surface area contributed by atoms with Gasteiger partial charge in [-0.2, -0.15) is 0 Å². The minimum Gasteiger partial charge on any atom is -0.336 e. The van der Waals surface area contributed by atoms with E-state index in [-0.39, 0.29) is 18.0 Å². The minimum absolute atomic E-state index is 0.0474. The van der Waals surface area contributed by atoms with Crippen molar-refractivity contribution in [2.45, 2.75) is 33.7 Å². The number of carbonyl (C=O) groups excluding carboxylic acids is 2. The molecular formula is C17H25N3O2. The zero-order chi connectivity index (χ0) is 16.3. The van der Waals surface area contributed by atoms with Crippen LogP contribution in [0.25, 0.3) is 0 Å². The highest BCUT2D eigenvalue weighted by molar-refractivity contribution is 5.96. The first-order valence-corrected chi connectivity index (χ1v) is 7.80. The van der Waals surface area contributed by atoms with Crippen molar-refractivity contribution >= 4 is 11.9 Å². The van der Waals surface area contributed by atoms with E-state index in [1.165, 1.54) is 0 Å². The Labute approximate surface area is 132 Å². The van der Waals surface area contributed by atoms with Crippen molar-refractivity contribution in [3.8, 4) is 0 Å². The number of piperazine rings is 1. The summed E-state index contributed by atoms with van der Waals surface area (Å²) < 4.78 is 0. The Morgan fingerprint density at radius 1 is 1.05 bits per heavy atom. The molecule has 0 spiro atoms. The molecule has 1 N–H and O–H groups in total. The standard InChI is InChI=1S/C17H25N3O2/c1-12(2)18-17(22)20-9-7-19(8-10-20)16(21)15-11-13(3)5-6-14(15)4/h5-6,11-12H,7-10H2,1-4H3,(H,18,22). The Bertz CT molecular complexity index is 561. The van der Waals surface area contributed by atoms with Crippen LogP contribution < -0.4 is 5.32 Å². The molecule has 0 radical (unpaired) electrons. The van der Waals surface area contributed by atoms with Crippen LogP contribution in [0.5, 0.6) is 0 Å². The van der Waals surface area contributed by atoms with E-state index in [1.807, 2.05) is 50.8 Å². The van der Waals surface area contributed by atoms with Crippen molar-refractivity contribution in [3.63, 3.8) is 0 Å². The van der Waals surface area contributed by atoms with E-state index < -0.39 is 0 Å². The van der Waals surface area contributed by atoms with Crippen molar-refractivity contribution in [1.82, 2.24) is 15.1 Å². The molecule has 5 heteroatoms. The van der Waals surface area contributed by atoms with E-state index in [9.17, 15) is 9.59 Å². The van der Waals surface area contributed by atoms with Gasteiger partial charge in [0, 0.05) is 37.8 Å². The summed E-state index contributed by atoms with van der Waals surface area (Å²) in [5.74, 6) is 0.0603. The van der Waals surface area contributed by atoms with Gasteiger partial charge in [0.25, 0.3) is 5.91 Å². The maximum absolute atomic E-state index is 12.6. The lowest BCUT2D eigenvalue weighted by Gasteiger charge is -2.35. The highest BCUT2D eigenvalue weighted by Crippen LogP contribution is 2.15. The number of benzene rings is 1. The summed E-state index contributed by atoms with van der Waals surface area (Å²) in [5, 5.41) is 2.89. The lowest BCUT2D eigenvalue weighted by molar-refractivity contribution is 0.0663. The van der Waals surface area contributed by atoms with Gasteiger partial charge in [-0.25, -0.2) is 4.79 Å². The van der Waals surface area contributed by atoms with E-state index in [4.69, 9.17) is 0 Å². The molecule has 1 aromatic rings. The lowest BCUT2D eigenvalue weighted by Crippen LogP contribution is -2.54. The maximum atomic E-state index is 12.6. The number of carbonyl (C=O) groups is 2. The van der Waals surface area contributed by atoms with Gasteiger partial charge in [0.05, 0.1) is 0 Å². The van der Waals surface area contributed by atoms with E-state index in [0.717, 1.165) is 16.7 Å². The molecule has 1 aliphatic rings. The SMILES string of the molecule is Cc1ccc(C)c(C(=O)N2CCN(C(=O)NC(C)C)CC2)c1. The molecule has 2 rings (SSSR count). The quantitative estimate of drug-likeness (QED) is 0.910. The first kappa shape index (κ1) is 16.3. The van der Waals surface area contributed by atoms with Gasteiger partial charge < -0.3 is 15.1 Å². The van der Waals surface area contributed by atoms with Gasteiger partial charge in [-0.3, -0.25) is 4.79 Å². The fraction of sp³-hybridized carbons (Fsp3) is 0.529. The second-order valence-corrected chi connectivity index (χ2v) is 6.20. The van der Waals surface area contributed by atoms with Crippen LogP contribution in [0.15, 0.2) is 18.2 Å². The van der Waals surface area contributed by atoms with Crippen molar-refractivity contribution in [2.24, 2.45) is 0 Å². The van der Waals surface area contributed by atoms with E-state index >= 15 is 0 Å². The van der Waals surface area contributed by atoms with Crippen LogP contribution in [-0.2, 0) is 0 Å². The summed E-state index contributed by atoms with van der Waals surface area (Å²) in [4.78, 5) is 28.2. The minimum atomic E-state index is -0.0474. The molecule has 1 aromatic carbocycles. The van der Waals surface area contributed by atoms with Crippen molar-refractivity contribution in [2.75, 3.05) is 26.2 Å². The molecule has 0 unspecified atom stereocenters. The summed E-state index contributed by atoms with van der Waals surface area (Å²) in [5.41, 5.74) is 2.85. The van der Waals surface area contributed by atoms with E-state index in [2.05, 4.69) is 5.32 Å². The largest absolute Gasteiger partial charge is 0.336 e. The third kappa shape index (κ3) is 3.78. The molecule has 22 heavy (non-hydrogen) atoms. The van der Waals surface area contributed by atoms with Gasteiger partial charge in [-0.05, 0) is 39.3 Å². The van der Waals surface area contributed by atoms with Crippen molar-refractivity contribution < 1.29 is 9.59 Å². The number of nitrogens with one attached hydrogen (secondary N) is 1. The van der Waals surface area contributed by atoms with Gasteiger partial charge in [-0.1, -0.05) is 17.7 Å². The molecule has 1 aliphatic heterocycles. The lowest BCUT2D eigenvalue weighted by atomic mass is 10.0. The van der Waals surface area contributed by atoms with Crippen LogP contribution in [0.2, 0.25) is 0 Å². The number of hydrogen-bond acceptors (Lipinski definition) is 2. The number of nitrogens with zero attached hydrogens (tertiary/aromatic N) is 2. The number of rotatable bonds is 2. The highest BCUT2D eigenvalue weighted by Gasteiger charge is 2.25. The molecule has 5 nitrogen and oxygen atoms in total. The van der Waals surface area contributed by atoms with Crippen molar-refractivity contribution in [1.29, 1.82) is 0 Å². The summed E-state index contributed by atoms with van der Waals surface area (Å²) >= 11 is 0. The second kappa shape index (κ2) is 6.81. The molecule has 0 aliphatic carbocycles. The predicted molar refractivity (Wildman–Crippen MR) is 87.1 cm³/mol. The third-order valence-corrected chi connectivity index (χ3v) is 3.89. The number of hydrogen-bond donors (Lipinski definition) is 1. The Morgan fingerprint density at radius 2 is 1.64 bits per heavy atom. The summed E-state index contributed by atoms with van der Waals surface area (Å²) in [6.07, 6.45) is 0. The van der Waals surface area contributed by atoms with Crippen LogP contribution in [0.1, 0.15) is 35.3 Å².